The zero-order valence-electron chi connectivity index (χ0n) is 31.0. The van der Waals surface area contributed by atoms with Crippen molar-refractivity contribution < 1.29 is 9.13 Å². The molecular weight excluding hydrogens is 677 g/mol. The maximum atomic E-state index is 2.49. The van der Waals surface area contributed by atoms with Gasteiger partial charge in [0.2, 0.25) is 0 Å². The van der Waals surface area contributed by atoms with Gasteiger partial charge in [0.05, 0.1) is 27.2 Å². The van der Waals surface area contributed by atoms with Crippen molar-refractivity contribution in [1.29, 1.82) is 0 Å². The minimum Gasteiger partial charge on any atom is -0.374 e. The van der Waals surface area contributed by atoms with Gasteiger partial charge in [0.25, 0.3) is 11.6 Å². The summed E-state index contributed by atoms with van der Waals surface area (Å²) in [6.07, 6.45) is 9.39. The Morgan fingerprint density at radius 2 is 0.981 bits per heavy atom. The fourth-order valence-corrected chi connectivity index (χ4v) is 10.2. The van der Waals surface area contributed by atoms with Gasteiger partial charge >= 0.3 is 0 Å². The maximum absolute atomic E-state index is 2.49. The number of benzene rings is 4. The lowest BCUT2D eigenvalue weighted by Gasteiger charge is -2.20. The molecule has 2 aromatic heterocycles. The molecule has 0 spiro atoms. The minimum absolute atomic E-state index is 1.03. The summed E-state index contributed by atoms with van der Waals surface area (Å²) in [7, 11) is 12.8. The number of fused-ring (bicyclic) bond motifs is 6. The number of hydrogen-bond acceptors (Lipinski definition) is 4. The fourth-order valence-electron chi connectivity index (χ4n) is 8.13. The van der Waals surface area contributed by atoms with Gasteiger partial charge in [-0.25, -0.2) is 18.3 Å². The molecule has 6 nitrogen and oxygen atoms in total. The number of hydrogen-bond donors (Lipinski definition) is 0. The van der Waals surface area contributed by atoms with E-state index in [1.54, 1.807) is 0 Å². The van der Waals surface area contributed by atoms with Crippen molar-refractivity contribution in [2.75, 3.05) is 48.5 Å². The normalized spacial score (nSPS) is 15.8. The third-order valence-corrected chi connectivity index (χ3v) is 13.3. The van der Waals surface area contributed by atoms with Crippen LogP contribution < -0.4 is 18.9 Å². The Bertz CT molecular complexity index is 2100. The molecule has 2 aliphatic heterocycles. The van der Waals surface area contributed by atoms with Crippen LogP contribution in [0.4, 0.5) is 11.4 Å². The maximum Gasteiger partial charge on any atom is 0.285 e. The molecule has 0 saturated carbocycles. The van der Waals surface area contributed by atoms with Gasteiger partial charge in [-0.3, -0.25) is 0 Å². The molecule has 0 atom stereocenters. The number of anilines is 2. The van der Waals surface area contributed by atoms with Crippen molar-refractivity contribution in [3.05, 3.63) is 120 Å². The zero-order chi connectivity index (χ0) is 35.6. The van der Waals surface area contributed by atoms with Gasteiger partial charge in [-0.05, 0) is 97.5 Å². The van der Waals surface area contributed by atoms with Crippen LogP contribution in [0.5, 0.6) is 0 Å². The molecule has 0 bridgehead atoms. The molecule has 52 heavy (non-hydrogen) atoms. The van der Waals surface area contributed by atoms with E-state index in [4.69, 9.17) is 0 Å². The molecule has 0 fully saturated rings. The summed E-state index contributed by atoms with van der Waals surface area (Å²) in [5.41, 5.74) is 13.2. The second-order valence-corrected chi connectivity index (χ2v) is 17.0. The summed E-state index contributed by atoms with van der Waals surface area (Å²) in [6, 6.07) is 35.7. The first-order valence-corrected chi connectivity index (χ1v) is 21.2. The third kappa shape index (κ3) is 6.91. The molecule has 0 aliphatic carbocycles. The Balaban J connectivity index is 0.797. The number of rotatable bonds is 11. The summed E-state index contributed by atoms with van der Waals surface area (Å²) in [5.74, 6) is 4.88. The van der Waals surface area contributed by atoms with Gasteiger partial charge in [0.15, 0.2) is 22.1 Å². The molecule has 8 rings (SSSR count). The van der Waals surface area contributed by atoms with Gasteiger partial charge < -0.3 is 9.80 Å². The monoisotopic (exact) mass is 726 g/mol. The fraction of sp³-hybridized carbons (Fsp3) is 0.318. The highest BCUT2D eigenvalue weighted by Gasteiger charge is 2.30. The standard InChI is InChI=1S/C44H50N6S2/c1-45(37-21-17-33(18-22-37)31-35-11-9-25-49-41-15-7-5-13-39(41)47(3)43(35)49)27-29-51-52-30-28-46(2)38-23-19-34(20-24-38)32-36-12-10-26-50-42-16-8-6-14-40(42)48(4)44(36)50/h5-8,13-24,31-32H,9-12,25-30H2,1-4H3/q+2. The number of aryl methyl sites for hydroxylation is 4. The van der Waals surface area contributed by atoms with Crippen molar-refractivity contribution in [2.45, 2.75) is 38.8 Å². The van der Waals surface area contributed by atoms with E-state index in [0.29, 0.717) is 0 Å². The second-order valence-electron chi connectivity index (χ2n) is 14.3. The molecule has 0 saturated heterocycles. The topological polar surface area (TPSA) is 24.1 Å². The highest BCUT2D eigenvalue weighted by Crippen LogP contribution is 2.32. The van der Waals surface area contributed by atoms with Crippen molar-refractivity contribution in [3.8, 4) is 0 Å². The van der Waals surface area contributed by atoms with Gasteiger partial charge in [0, 0.05) is 61.2 Å². The summed E-state index contributed by atoms with van der Waals surface area (Å²) in [6.45, 7) is 4.23. The van der Waals surface area contributed by atoms with E-state index in [-0.39, 0.29) is 0 Å². The van der Waals surface area contributed by atoms with Crippen LogP contribution in [0.1, 0.15) is 48.5 Å². The van der Waals surface area contributed by atoms with E-state index in [1.807, 2.05) is 21.6 Å². The van der Waals surface area contributed by atoms with E-state index >= 15 is 0 Å². The van der Waals surface area contributed by atoms with E-state index in [9.17, 15) is 0 Å². The lowest BCUT2D eigenvalue weighted by atomic mass is 10.0. The van der Waals surface area contributed by atoms with Gasteiger partial charge in [0.1, 0.15) is 0 Å². The largest absolute Gasteiger partial charge is 0.374 e. The molecule has 4 aromatic carbocycles. The number of para-hydroxylation sites is 4. The molecule has 0 amide bonds. The van der Waals surface area contributed by atoms with E-state index in [0.717, 1.165) is 50.5 Å². The molecule has 0 radical (unpaired) electrons. The molecule has 2 aliphatic rings. The van der Waals surface area contributed by atoms with Gasteiger partial charge in [-0.1, -0.05) is 70.1 Å². The smallest absolute Gasteiger partial charge is 0.285 e. The summed E-state index contributed by atoms with van der Waals surface area (Å²) >= 11 is 0. The van der Waals surface area contributed by atoms with Crippen LogP contribution in [0.15, 0.2) is 97.1 Å². The predicted octanol–water partition coefficient (Wildman–Crippen LogP) is 8.87. The number of allylic oxidation sites excluding steroid dienone is 2. The number of nitrogens with zero attached hydrogens (tertiary/aromatic N) is 6. The molecule has 6 aromatic rings. The molecule has 0 N–H and O–H groups in total. The Labute approximate surface area is 316 Å². The SMILES string of the molecule is CN(CCSSCCN(C)c1ccc(/C=C2\CCCn3c2[n+](C)c2ccccc23)cc1)c1ccc(/C=C2\CCCn3c2[n+](C)c2ccccc23)cc1. The average Bonchev–Trinajstić information content (AvgIpc) is 3.65. The zero-order valence-corrected chi connectivity index (χ0v) is 32.6. The van der Waals surface area contributed by atoms with Crippen molar-refractivity contribution in [3.63, 3.8) is 0 Å². The predicted molar refractivity (Wildman–Crippen MR) is 225 cm³/mol. The first-order chi connectivity index (χ1) is 25.5. The van der Waals surface area contributed by atoms with Crippen LogP contribution >= 0.6 is 21.6 Å². The Morgan fingerprint density at radius 3 is 1.40 bits per heavy atom. The highest BCUT2D eigenvalue weighted by molar-refractivity contribution is 8.76. The van der Waals surface area contributed by atoms with Crippen LogP contribution in [0.3, 0.4) is 0 Å². The average molecular weight is 727 g/mol. The van der Waals surface area contributed by atoms with Crippen LogP contribution in [0.25, 0.3) is 45.4 Å². The summed E-state index contributed by atoms with van der Waals surface area (Å²) in [4.78, 5) is 4.75. The molecular formula is C44H50N6S2+2. The first kappa shape index (κ1) is 34.7. The van der Waals surface area contributed by atoms with E-state index in [1.165, 1.54) is 80.2 Å². The lowest BCUT2D eigenvalue weighted by Crippen LogP contribution is -2.33. The van der Waals surface area contributed by atoms with Crippen LogP contribution in [0.2, 0.25) is 0 Å². The Morgan fingerprint density at radius 1 is 0.577 bits per heavy atom. The quantitative estimate of drug-likeness (QED) is 0.0757. The molecule has 266 valence electrons. The molecule has 4 heterocycles. The minimum atomic E-state index is 1.03. The van der Waals surface area contributed by atoms with Gasteiger partial charge in [-0.15, -0.1) is 0 Å². The summed E-state index contributed by atoms with van der Waals surface area (Å²) < 4.78 is 9.72. The van der Waals surface area contributed by atoms with Crippen LogP contribution in [0, 0.1) is 0 Å². The van der Waals surface area contributed by atoms with Crippen molar-refractivity contribution in [2.24, 2.45) is 14.1 Å². The third-order valence-electron chi connectivity index (χ3n) is 10.9. The molecule has 0 unspecified atom stereocenters. The molecule has 8 heteroatoms. The van der Waals surface area contributed by atoms with E-state index < -0.39 is 0 Å². The second kappa shape index (κ2) is 15.3. The Kier molecular flexibility index (Phi) is 10.2. The van der Waals surface area contributed by atoms with Gasteiger partial charge in [-0.2, -0.15) is 0 Å². The summed E-state index contributed by atoms with van der Waals surface area (Å²) in [5, 5.41) is 0. The lowest BCUT2D eigenvalue weighted by molar-refractivity contribution is -0.648. The van der Waals surface area contributed by atoms with Crippen molar-refractivity contribution in [1.82, 2.24) is 9.13 Å². The van der Waals surface area contributed by atoms with Crippen molar-refractivity contribution >= 4 is 78.3 Å². The van der Waals surface area contributed by atoms with Crippen LogP contribution in [-0.4, -0.2) is 47.8 Å². The number of aromatic nitrogens is 4. The number of imidazole rings is 2. The van der Waals surface area contributed by atoms with E-state index in [2.05, 4.69) is 165 Å². The first-order valence-electron chi connectivity index (χ1n) is 18.7. The highest BCUT2D eigenvalue weighted by atomic mass is 33.1. The van der Waals surface area contributed by atoms with Crippen LogP contribution in [-0.2, 0) is 27.2 Å². The Hall–Kier alpha value is -4.40.